The summed E-state index contributed by atoms with van der Waals surface area (Å²) in [5, 5.41) is 18.1. The third kappa shape index (κ3) is 6.85. The Bertz CT molecular complexity index is 2490. The van der Waals surface area contributed by atoms with E-state index in [9.17, 15) is 24.3 Å². The highest BCUT2D eigenvalue weighted by Gasteiger charge is 2.76. The average molecular weight is 913 g/mol. The molecule has 0 spiro atoms. The number of ether oxygens (including phenoxy) is 1. The molecule has 2 aromatic carbocycles. The second-order valence-electron chi connectivity index (χ2n) is 24.8. The normalized spacial score (nSPS) is 36.2. The van der Waals surface area contributed by atoms with Crippen LogP contribution in [0.2, 0.25) is 0 Å². The van der Waals surface area contributed by atoms with Gasteiger partial charge in [-0.3, -0.25) is 14.4 Å². The van der Waals surface area contributed by atoms with Gasteiger partial charge < -0.3 is 25.5 Å². The molecule has 67 heavy (non-hydrogen) atoms. The Labute approximate surface area is 398 Å². The Balaban J connectivity index is 0.960. The minimum Gasteiger partial charge on any atom is -0.481 e. The third-order valence-electron chi connectivity index (χ3n) is 20.5. The zero-order valence-corrected chi connectivity index (χ0v) is 42.0. The number of aromatic amines is 1. The molecule has 5 saturated carbocycles. The van der Waals surface area contributed by atoms with Crippen molar-refractivity contribution in [3.63, 3.8) is 0 Å². The van der Waals surface area contributed by atoms with Crippen LogP contribution in [0.25, 0.3) is 11.3 Å². The van der Waals surface area contributed by atoms with Crippen LogP contribution in [0.4, 0.5) is 4.79 Å². The Morgan fingerprint density at radius 3 is 2.13 bits per heavy atom. The first-order valence-corrected chi connectivity index (χ1v) is 25.3. The predicted octanol–water partition coefficient (Wildman–Crippen LogP) is 11.8. The summed E-state index contributed by atoms with van der Waals surface area (Å²) < 4.78 is 5.85. The molecular weight excluding hydrogens is 837 g/mol. The number of benzene rings is 2. The molecule has 5 fully saturated rings. The van der Waals surface area contributed by atoms with Gasteiger partial charge in [-0.05, 0) is 151 Å². The maximum Gasteiger partial charge on any atom is 0.316 e. The Morgan fingerprint density at radius 1 is 0.836 bits per heavy atom. The highest BCUT2D eigenvalue weighted by Crippen LogP contribution is 2.79. The summed E-state index contributed by atoms with van der Waals surface area (Å²) in [4.78, 5) is 64.3. The minimum absolute atomic E-state index is 0.0200. The average Bonchev–Trinajstić information content (AvgIpc) is 3.88. The molecule has 9 rings (SSSR count). The number of imidazole rings is 1. The fourth-order valence-electron chi connectivity index (χ4n) is 17.0. The van der Waals surface area contributed by atoms with Crippen molar-refractivity contribution in [1.29, 1.82) is 0 Å². The highest BCUT2D eigenvalue weighted by molar-refractivity contribution is 6.02. The number of fused-ring (bicyclic) bond motifs is 7. The molecule has 2 amide bonds. The summed E-state index contributed by atoms with van der Waals surface area (Å²) >= 11 is 0. The van der Waals surface area contributed by atoms with Crippen LogP contribution in [0.15, 0.2) is 78.0 Å². The number of nitrogens with zero attached hydrogens (tertiary/aromatic N) is 1. The number of esters is 1. The highest BCUT2D eigenvalue weighted by atomic mass is 16.5. The van der Waals surface area contributed by atoms with Gasteiger partial charge in [-0.1, -0.05) is 123 Å². The van der Waals surface area contributed by atoms with Gasteiger partial charge >= 0.3 is 18.0 Å². The number of hydrogen-bond acceptors (Lipinski definition) is 6. The molecule has 6 aliphatic carbocycles. The molecule has 0 aliphatic heterocycles. The van der Waals surface area contributed by atoms with Crippen LogP contribution < -0.4 is 10.6 Å². The number of H-pyrrole nitrogens is 1. The lowest BCUT2D eigenvalue weighted by atomic mass is 9.30. The molecule has 0 radical (unpaired) electrons. The number of aromatic nitrogens is 2. The second kappa shape index (κ2) is 15.9. The van der Waals surface area contributed by atoms with E-state index in [1.165, 1.54) is 5.57 Å². The van der Waals surface area contributed by atoms with E-state index in [2.05, 4.69) is 69.1 Å². The number of carboxylic acids is 1. The van der Waals surface area contributed by atoms with Crippen molar-refractivity contribution in [2.75, 3.05) is 0 Å². The smallest absolute Gasteiger partial charge is 0.316 e. The number of Topliss-reactive ketones (excluding diaryl/α,β-unsaturated/α-hetero) is 1. The number of hydrogen-bond donors (Lipinski definition) is 4. The van der Waals surface area contributed by atoms with E-state index in [1.54, 1.807) is 6.20 Å². The lowest BCUT2D eigenvalue weighted by Gasteiger charge is -2.74. The lowest BCUT2D eigenvalue weighted by Crippen LogP contribution is -2.71. The van der Waals surface area contributed by atoms with Crippen LogP contribution in [-0.2, 0) is 31.3 Å². The molecule has 3 aromatic rings. The van der Waals surface area contributed by atoms with Crippen molar-refractivity contribution in [3.8, 4) is 11.3 Å². The second-order valence-corrected chi connectivity index (χ2v) is 24.8. The summed E-state index contributed by atoms with van der Waals surface area (Å²) in [6.45, 7) is 24.7. The maximum absolute atomic E-state index is 14.4. The number of carbonyl (C=O) groups is 4. The van der Waals surface area contributed by atoms with E-state index in [0.717, 1.165) is 67.3 Å². The number of rotatable bonds is 10. The van der Waals surface area contributed by atoms with Gasteiger partial charge in [-0.25, -0.2) is 9.78 Å². The summed E-state index contributed by atoms with van der Waals surface area (Å²) in [6.07, 6.45) is 9.75. The molecule has 10 atom stereocenters. The fourth-order valence-corrected chi connectivity index (χ4v) is 17.0. The first-order valence-electron chi connectivity index (χ1n) is 25.3. The number of allylic oxidation sites excluding steroid dienone is 1. The number of aliphatic carboxylic acids is 1. The molecule has 10 nitrogen and oxygen atoms in total. The van der Waals surface area contributed by atoms with Gasteiger partial charge in [0.2, 0.25) is 0 Å². The monoisotopic (exact) mass is 913 g/mol. The zero-order valence-electron chi connectivity index (χ0n) is 42.0. The summed E-state index contributed by atoms with van der Waals surface area (Å²) in [6, 6.07) is 19.4. The van der Waals surface area contributed by atoms with Gasteiger partial charge in [0.15, 0.2) is 5.78 Å². The third-order valence-corrected chi connectivity index (χ3v) is 20.5. The SMILES string of the molecule is CC(C)C1=C2[C@H]3CC[C@@H]4[C@]5(C)CC[C@H]([C@@]6(C(=O)O)C[C@@H](C(=O)OCc7ccccc7)C6(C)C)C(C)(C)[C@H]5CC[C@@]4(C)[C@]3(C)CC[C@@]2(NC(=O)NC(C)(C)c2ncc(-c3ccccc3)[nH]2)CC1=O. The molecular formula is C57H76N4O6. The predicted molar refractivity (Wildman–Crippen MR) is 260 cm³/mol. The standard InChI is InChI=1S/C57H76N4O6/c1-34(2)44-40(62)31-56(61-49(66)60-52(7,8)47-58-32-39(59-47)36-20-16-13-17-21-36)29-28-54(10)37(45(44)56)22-23-43-53(9)26-24-42(50(3,4)41(53)25-27-55(43,54)11)57(48(64)65)30-38(51(57,5)6)46(63)67-33-35-18-14-12-15-19-35/h12-21,32,34,37-38,41-43H,22-31,33H2,1-11H3,(H,58,59)(H,64,65)(H2,60,61,66)/t37-,38+,41-,42+,43-,53-,54-,55-,56-,57-/m1/s1. The van der Waals surface area contributed by atoms with Crippen LogP contribution in [0, 0.1) is 68.0 Å². The lowest BCUT2D eigenvalue weighted by molar-refractivity contribution is -0.261. The van der Waals surface area contributed by atoms with Gasteiger partial charge in [0.1, 0.15) is 12.4 Å². The van der Waals surface area contributed by atoms with Gasteiger partial charge in [-0.2, -0.15) is 0 Å². The van der Waals surface area contributed by atoms with Crippen LogP contribution in [0.3, 0.4) is 0 Å². The van der Waals surface area contributed by atoms with Crippen molar-refractivity contribution >= 4 is 23.8 Å². The first kappa shape index (κ1) is 47.3. The van der Waals surface area contributed by atoms with E-state index in [4.69, 9.17) is 4.74 Å². The molecule has 1 aromatic heterocycles. The summed E-state index contributed by atoms with van der Waals surface area (Å²) in [5.41, 5.74) is 1.07. The molecule has 4 N–H and O–H groups in total. The number of nitrogens with one attached hydrogen (secondary N) is 3. The Kier molecular flexibility index (Phi) is 11.2. The molecule has 0 bridgehead atoms. The number of ketones is 1. The van der Waals surface area contributed by atoms with Crippen LogP contribution >= 0.6 is 0 Å². The first-order chi connectivity index (χ1) is 31.4. The van der Waals surface area contributed by atoms with Crippen molar-refractivity contribution < 1.29 is 29.0 Å². The van der Waals surface area contributed by atoms with Crippen LogP contribution in [-0.4, -0.2) is 44.4 Å². The number of carboxylic acid groups (broad SMARTS) is 1. The summed E-state index contributed by atoms with van der Waals surface area (Å²) in [7, 11) is 0. The summed E-state index contributed by atoms with van der Waals surface area (Å²) in [5.74, 6) is 0.0475. The van der Waals surface area contributed by atoms with Gasteiger partial charge in [0.05, 0.1) is 34.3 Å². The zero-order chi connectivity index (χ0) is 48.3. The Hall–Kier alpha value is -4.73. The topological polar surface area (TPSA) is 150 Å². The molecule has 6 aliphatic rings. The quantitative estimate of drug-likeness (QED) is 0.148. The largest absolute Gasteiger partial charge is 0.481 e. The number of urea groups is 1. The van der Waals surface area contributed by atoms with E-state index < -0.39 is 33.8 Å². The molecule has 0 unspecified atom stereocenters. The van der Waals surface area contributed by atoms with Crippen molar-refractivity contribution in [1.82, 2.24) is 20.6 Å². The van der Waals surface area contributed by atoms with Crippen molar-refractivity contribution in [2.24, 2.45) is 68.0 Å². The van der Waals surface area contributed by atoms with E-state index in [-0.39, 0.29) is 70.2 Å². The minimum atomic E-state index is -1.04. The fraction of sp³-hybridized carbons (Fsp3) is 0.632. The molecule has 0 saturated heterocycles. The maximum atomic E-state index is 14.4. The van der Waals surface area contributed by atoms with E-state index in [0.29, 0.717) is 30.5 Å². The van der Waals surface area contributed by atoms with Gasteiger partial charge in [0.25, 0.3) is 0 Å². The van der Waals surface area contributed by atoms with Crippen LogP contribution in [0.5, 0.6) is 0 Å². The van der Waals surface area contributed by atoms with E-state index in [1.807, 2.05) is 88.4 Å². The number of carbonyl (C=O) groups excluding carboxylic acids is 3. The van der Waals surface area contributed by atoms with E-state index >= 15 is 0 Å². The molecule has 360 valence electrons. The molecule has 10 heteroatoms. The van der Waals surface area contributed by atoms with Crippen molar-refractivity contribution in [3.05, 3.63) is 89.4 Å². The van der Waals surface area contributed by atoms with Gasteiger partial charge in [-0.15, -0.1) is 0 Å². The van der Waals surface area contributed by atoms with Gasteiger partial charge in [0, 0.05) is 6.42 Å². The van der Waals surface area contributed by atoms with Crippen LogP contribution in [0.1, 0.15) is 152 Å². The van der Waals surface area contributed by atoms with Crippen molar-refractivity contribution in [2.45, 2.75) is 158 Å². The Morgan fingerprint density at radius 2 is 1.49 bits per heavy atom. The molecule has 1 heterocycles. The number of amides is 2.